The number of carbonyl (C=O) groups excluding carboxylic acids is 2. The van der Waals surface area contributed by atoms with Crippen LogP contribution in [0.15, 0.2) is 66.9 Å². The van der Waals surface area contributed by atoms with Gasteiger partial charge < -0.3 is 15.0 Å². The van der Waals surface area contributed by atoms with Crippen molar-refractivity contribution in [1.82, 2.24) is 4.98 Å². The van der Waals surface area contributed by atoms with Crippen LogP contribution in [-0.2, 0) is 9.53 Å². The third-order valence-corrected chi connectivity index (χ3v) is 4.12. The molecule has 0 unspecified atom stereocenters. The number of nitrogens with one attached hydrogen (secondary N) is 2. The Morgan fingerprint density at radius 1 is 1.11 bits per heavy atom. The SMILES string of the molecule is O=C(O[C@@H](C(=O)Nc1ccc([N+](=O)[O-])cc1Cl)c1ccccc1)c1ccc[nH]1. The zero-order valence-electron chi connectivity index (χ0n) is 14.3. The first-order chi connectivity index (χ1) is 13.5. The highest BCUT2D eigenvalue weighted by Crippen LogP contribution is 2.28. The number of non-ortho nitro benzene ring substituents is 1. The first-order valence-electron chi connectivity index (χ1n) is 8.10. The lowest BCUT2D eigenvalue weighted by atomic mass is 10.1. The molecular formula is C19H14ClN3O5. The van der Waals surface area contributed by atoms with Crippen LogP contribution in [0, 0.1) is 10.1 Å². The van der Waals surface area contributed by atoms with Gasteiger partial charge in [-0.15, -0.1) is 0 Å². The number of amides is 1. The Bertz CT molecular complexity index is 1010. The van der Waals surface area contributed by atoms with Crippen molar-refractivity contribution in [2.75, 3.05) is 5.32 Å². The smallest absolute Gasteiger partial charge is 0.355 e. The fourth-order valence-electron chi connectivity index (χ4n) is 2.45. The molecule has 9 heteroatoms. The second kappa shape index (κ2) is 8.36. The average molecular weight is 400 g/mol. The van der Waals surface area contributed by atoms with Crippen molar-refractivity contribution in [2.24, 2.45) is 0 Å². The van der Waals surface area contributed by atoms with E-state index in [0.717, 1.165) is 6.07 Å². The molecule has 142 valence electrons. The molecule has 1 heterocycles. The fraction of sp³-hybridized carbons (Fsp3) is 0.0526. The largest absolute Gasteiger partial charge is 0.443 e. The molecule has 0 saturated carbocycles. The first-order valence-corrected chi connectivity index (χ1v) is 8.47. The molecule has 0 aliphatic rings. The van der Waals surface area contributed by atoms with Gasteiger partial charge in [-0.05, 0) is 18.2 Å². The number of H-pyrrole nitrogens is 1. The maximum atomic E-state index is 12.8. The Morgan fingerprint density at radius 2 is 1.86 bits per heavy atom. The van der Waals surface area contributed by atoms with Crippen LogP contribution in [0.4, 0.5) is 11.4 Å². The zero-order chi connectivity index (χ0) is 20.1. The molecule has 2 aromatic carbocycles. The molecule has 0 aliphatic heterocycles. The summed E-state index contributed by atoms with van der Waals surface area (Å²) < 4.78 is 5.38. The highest BCUT2D eigenvalue weighted by Gasteiger charge is 2.27. The highest BCUT2D eigenvalue weighted by atomic mass is 35.5. The van der Waals surface area contributed by atoms with E-state index in [2.05, 4.69) is 10.3 Å². The molecule has 3 aromatic rings. The molecule has 28 heavy (non-hydrogen) atoms. The number of anilines is 1. The number of nitro groups is 1. The number of carbonyl (C=O) groups is 2. The number of aromatic amines is 1. The minimum Gasteiger partial charge on any atom is -0.443 e. The van der Waals surface area contributed by atoms with Gasteiger partial charge in [-0.25, -0.2) is 4.79 Å². The fourth-order valence-corrected chi connectivity index (χ4v) is 2.67. The van der Waals surface area contributed by atoms with Gasteiger partial charge in [-0.3, -0.25) is 14.9 Å². The van der Waals surface area contributed by atoms with Crippen LogP contribution in [0.25, 0.3) is 0 Å². The van der Waals surface area contributed by atoms with E-state index in [-0.39, 0.29) is 22.1 Å². The van der Waals surface area contributed by atoms with Crippen molar-refractivity contribution in [3.05, 3.63) is 93.3 Å². The van der Waals surface area contributed by atoms with Gasteiger partial charge in [0.1, 0.15) is 5.69 Å². The van der Waals surface area contributed by atoms with Crippen LogP contribution >= 0.6 is 11.6 Å². The van der Waals surface area contributed by atoms with Crippen LogP contribution in [0.1, 0.15) is 22.2 Å². The summed E-state index contributed by atoms with van der Waals surface area (Å²) in [4.78, 5) is 38.0. The monoisotopic (exact) mass is 399 g/mol. The quantitative estimate of drug-likeness (QED) is 0.367. The van der Waals surface area contributed by atoms with Crippen molar-refractivity contribution < 1.29 is 19.2 Å². The normalized spacial score (nSPS) is 11.5. The Labute approximate surface area is 164 Å². The number of nitrogens with zero attached hydrogens (tertiary/aromatic N) is 1. The molecule has 1 atom stereocenters. The van der Waals surface area contributed by atoms with E-state index in [1.165, 1.54) is 18.2 Å². The molecule has 0 radical (unpaired) electrons. The van der Waals surface area contributed by atoms with E-state index in [4.69, 9.17) is 16.3 Å². The molecule has 0 aliphatic carbocycles. The van der Waals surface area contributed by atoms with Crippen LogP contribution in [-0.4, -0.2) is 21.8 Å². The van der Waals surface area contributed by atoms with Gasteiger partial charge in [0.15, 0.2) is 0 Å². The molecule has 8 nitrogen and oxygen atoms in total. The standard InChI is InChI=1S/C19H14ClN3O5/c20-14-11-13(23(26)27)8-9-15(14)22-18(24)17(12-5-2-1-3-6-12)28-19(25)16-7-4-10-21-16/h1-11,17,21H,(H,22,24)/t17-/m1/s1. The van der Waals surface area contributed by atoms with Gasteiger partial charge in [0, 0.05) is 23.9 Å². The van der Waals surface area contributed by atoms with E-state index in [1.807, 2.05) is 0 Å². The van der Waals surface area contributed by atoms with E-state index in [1.54, 1.807) is 42.6 Å². The average Bonchev–Trinajstić information content (AvgIpc) is 3.23. The summed E-state index contributed by atoms with van der Waals surface area (Å²) in [7, 11) is 0. The van der Waals surface area contributed by atoms with Gasteiger partial charge in [0.2, 0.25) is 6.10 Å². The Balaban J connectivity index is 1.84. The third-order valence-electron chi connectivity index (χ3n) is 3.80. The number of halogens is 1. The predicted octanol–water partition coefficient (Wildman–Crippen LogP) is 4.11. The molecule has 0 fully saturated rings. The summed E-state index contributed by atoms with van der Waals surface area (Å²) in [6.07, 6.45) is 0.313. The van der Waals surface area contributed by atoms with Crippen molar-refractivity contribution in [2.45, 2.75) is 6.10 Å². The van der Waals surface area contributed by atoms with Gasteiger partial charge >= 0.3 is 5.97 Å². The molecule has 3 rings (SSSR count). The Kier molecular flexibility index (Phi) is 5.71. The lowest BCUT2D eigenvalue weighted by Crippen LogP contribution is -2.26. The van der Waals surface area contributed by atoms with Crippen LogP contribution in [0.2, 0.25) is 5.02 Å². The molecule has 2 N–H and O–H groups in total. The Hall–Kier alpha value is -3.65. The van der Waals surface area contributed by atoms with Crippen molar-refractivity contribution in [3.8, 4) is 0 Å². The predicted molar refractivity (Wildman–Crippen MR) is 102 cm³/mol. The van der Waals surface area contributed by atoms with Crippen LogP contribution in [0.3, 0.4) is 0 Å². The summed E-state index contributed by atoms with van der Waals surface area (Å²) in [5.74, 6) is -1.36. The maximum absolute atomic E-state index is 12.8. The molecular weight excluding hydrogens is 386 g/mol. The zero-order valence-corrected chi connectivity index (χ0v) is 15.1. The second-order valence-electron chi connectivity index (χ2n) is 5.69. The van der Waals surface area contributed by atoms with Gasteiger partial charge in [0.25, 0.3) is 11.6 Å². The lowest BCUT2D eigenvalue weighted by molar-refractivity contribution is -0.384. The summed E-state index contributed by atoms with van der Waals surface area (Å²) >= 11 is 6.02. The summed E-state index contributed by atoms with van der Waals surface area (Å²) in [6.45, 7) is 0. The first kappa shape index (κ1) is 19.1. The molecule has 1 aromatic heterocycles. The van der Waals surface area contributed by atoms with Crippen molar-refractivity contribution in [1.29, 1.82) is 0 Å². The van der Waals surface area contributed by atoms with Crippen LogP contribution in [0.5, 0.6) is 0 Å². The third kappa shape index (κ3) is 4.36. The van der Waals surface area contributed by atoms with Gasteiger partial charge in [0.05, 0.1) is 15.6 Å². The topological polar surface area (TPSA) is 114 Å². The number of ether oxygens (including phenoxy) is 1. The van der Waals surface area contributed by atoms with Gasteiger partial charge in [-0.1, -0.05) is 41.9 Å². The minimum atomic E-state index is -1.25. The second-order valence-corrected chi connectivity index (χ2v) is 6.10. The lowest BCUT2D eigenvalue weighted by Gasteiger charge is -2.18. The molecule has 0 spiro atoms. The summed E-state index contributed by atoms with van der Waals surface area (Å²) in [5, 5.41) is 13.3. The maximum Gasteiger partial charge on any atom is 0.355 e. The van der Waals surface area contributed by atoms with Crippen molar-refractivity contribution >= 4 is 34.9 Å². The number of rotatable bonds is 6. The number of hydrogen-bond acceptors (Lipinski definition) is 5. The van der Waals surface area contributed by atoms with E-state index >= 15 is 0 Å². The Morgan fingerprint density at radius 3 is 2.46 bits per heavy atom. The number of hydrogen-bond donors (Lipinski definition) is 2. The van der Waals surface area contributed by atoms with E-state index < -0.39 is 22.9 Å². The van der Waals surface area contributed by atoms with Crippen LogP contribution < -0.4 is 5.32 Å². The van der Waals surface area contributed by atoms with E-state index in [9.17, 15) is 19.7 Å². The van der Waals surface area contributed by atoms with Gasteiger partial charge in [-0.2, -0.15) is 0 Å². The molecule has 1 amide bonds. The minimum absolute atomic E-state index is 0.00921. The number of esters is 1. The summed E-state index contributed by atoms with van der Waals surface area (Å²) in [5.41, 5.74) is 0.606. The number of aromatic nitrogens is 1. The molecule has 0 saturated heterocycles. The van der Waals surface area contributed by atoms with E-state index in [0.29, 0.717) is 5.56 Å². The molecule has 0 bridgehead atoms. The number of nitro benzene ring substituents is 1. The summed E-state index contributed by atoms with van der Waals surface area (Å²) in [6, 6.07) is 15.3. The van der Waals surface area contributed by atoms with Crippen molar-refractivity contribution in [3.63, 3.8) is 0 Å². The highest BCUT2D eigenvalue weighted by molar-refractivity contribution is 6.34. The number of benzene rings is 2.